The lowest BCUT2D eigenvalue weighted by molar-refractivity contribution is -0.137. The van der Waals surface area contributed by atoms with Gasteiger partial charge in [-0.15, -0.1) is 0 Å². The predicted octanol–water partition coefficient (Wildman–Crippen LogP) is 2.87. The molecule has 1 aromatic heterocycles. The van der Waals surface area contributed by atoms with Crippen molar-refractivity contribution in [3.63, 3.8) is 0 Å². The summed E-state index contributed by atoms with van der Waals surface area (Å²) in [5.74, 6) is -0.00267. The molecule has 1 atom stereocenters. The zero-order valence-electron chi connectivity index (χ0n) is 17.1. The van der Waals surface area contributed by atoms with Crippen molar-refractivity contribution in [2.45, 2.75) is 43.9 Å². The molecule has 1 fully saturated rings. The van der Waals surface area contributed by atoms with E-state index in [4.69, 9.17) is 4.74 Å². The summed E-state index contributed by atoms with van der Waals surface area (Å²) in [4.78, 5) is 26.1. The van der Waals surface area contributed by atoms with E-state index in [1.807, 2.05) is 37.1 Å². The number of aliphatic carboxylic acids is 1. The Morgan fingerprint density at radius 1 is 1.28 bits per heavy atom. The standard InChI is InChI=1S/C22H27N3O4/c1-14-10-19(23-24(14)2)21(28)25-8-6-22(7-9-25)13-15(11-20(26)27)17-5-4-16(29-3)12-18(17)22/h4-5,10,12,15H,6-9,11,13H2,1-3H3,(H,26,27). The van der Waals surface area contributed by atoms with E-state index in [0.717, 1.165) is 36.3 Å². The molecule has 2 aromatic rings. The van der Waals surface area contributed by atoms with E-state index in [-0.39, 0.29) is 23.7 Å². The second-order valence-corrected chi connectivity index (χ2v) is 8.32. The van der Waals surface area contributed by atoms with Crippen LogP contribution < -0.4 is 4.74 Å². The van der Waals surface area contributed by atoms with Crippen LogP contribution in [0.2, 0.25) is 0 Å². The van der Waals surface area contributed by atoms with Gasteiger partial charge >= 0.3 is 5.97 Å². The third kappa shape index (κ3) is 3.39. The van der Waals surface area contributed by atoms with Crippen molar-refractivity contribution in [2.75, 3.05) is 20.2 Å². The lowest BCUT2D eigenvalue weighted by Gasteiger charge is -2.40. The second-order valence-electron chi connectivity index (χ2n) is 8.32. The maximum Gasteiger partial charge on any atom is 0.303 e. The Balaban J connectivity index is 1.57. The van der Waals surface area contributed by atoms with Gasteiger partial charge < -0.3 is 14.7 Å². The normalized spacial score (nSPS) is 20.0. The molecular formula is C22H27N3O4. The number of carboxylic acid groups (broad SMARTS) is 1. The number of hydrogen-bond donors (Lipinski definition) is 1. The molecule has 1 N–H and O–H groups in total. The van der Waals surface area contributed by atoms with Crippen LogP contribution in [-0.4, -0.2) is 51.9 Å². The number of fused-ring (bicyclic) bond motifs is 2. The van der Waals surface area contributed by atoms with Crippen LogP contribution in [0, 0.1) is 6.92 Å². The molecule has 7 nitrogen and oxygen atoms in total. The minimum Gasteiger partial charge on any atom is -0.497 e. The number of amides is 1. The van der Waals surface area contributed by atoms with Crippen LogP contribution in [0.5, 0.6) is 5.75 Å². The maximum absolute atomic E-state index is 12.9. The van der Waals surface area contributed by atoms with Crippen LogP contribution in [0.3, 0.4) is 0 Å². The van der Waals surface area contributed by atoms with Crippen molar-refractivity contribution in [2.24, 2.45) is 7.05 Å². The van der Waals surface area contributed by atoms with Crippen molar-refractivity contribution in [1.82, 2.24) is 14.7 Å². The van der Waals surface area contributed by atoms with Crippen LogP contribution in [0.1, 0.15) is 58.9 Å². The van der Waals surface area contributed by atoms with E-state index >= 15 is 0 Å². The van der Waals surface area contributed by atoms with E-state index in [1.165, 1.54) is 5.56 Å². The summed E-state index contributed by atoms with van der Waals surface area (Å²) in [7, 11) is 3.48. The minimum atomic E-state index is -0.771. The molecule has 1 saturated heterocycles. The number of aryl methyl sites for hydroxylation is 2. The van der Waals surface area contributed by atoms with Crippen LogP contribution >= 0.6 is 0 Å². The summed E-state index contributed by atoms with van der Waals surface area (Å²) in [6.45, 7) is 3.22. The summed E-state index contributed by atoms with van der Waals surface area (Å²) >= 11 is 0. The zero-order valence-corrected chi connectivity index (χ0v) is 17.1. The predicted molar refractivity (Wildman–Crippen MR) is 107 cm³/mol. The van der Waals surface area contributed by atoms with Gasteiger partial charge in [-0.1, -0.05) is 6.07 Å². The fraction of sp³-hybridized carbons (Fsp3) is 0.500. The average Bonchev–Trinajstić information content (AvgIpc) is 3.18. The van der Waals surface area contributed by atoms with E-state index in [2.05, 4.69) is 11.2 Å². The highest BCUT2D eigenvalue weighted by Crippen LogP contribution is 2.53. The first-order chi connectivity index (χ1) is 13.8. The SMILES string of the molecule is COc1ccc2c(c1)C1(CCN(C(=O)c3cc(C)n(C)n3)CC1)CC2CC(=O)O. The summed E-state index contributed by atoms with van der Waals surface area (Å²) in [5.41, 5.74) is 3.66. The van der Waals surface area contributed by atoms with E-state index in [1.54, 1.807) is 11.8 Å². The molecular weight excluding hydrogens is 370 g/mol. The number of hydrogen-bond acceptors (Lipinski definition) is 4. The van der Waals surface area contributed by atoms with E-state index < -0.39 is 5.97 Å². The lowest BCUT2D eigenvalue weighted by Crippen LogP contribution is -2.44. The van der Waals surface area contributed by atoms with Gasteiger partial charge in [-0.25, -0.2) is 0 Å². The van der Waals surface area contributed by atoms with E-state index in [9.17, 15) is 14.7 Å². The largest absolute Gasteiger partial charge is 0.497 e. The number of carbonyl (C=O) groups excluding carboxylic acids is 1. The molecule has 0 saturated carbocycles. The van der Waals surface area contributed by atoms with Gasteiger partial charge in [0, 0.05) is 25.8 Å². The van der Waals surface area contributed by atoms with Crippen LogP contribution in [0.25, 0.3) is 0 Å². The molecule has 4 rings (SSSR count). The second kappa shape index (κ2) is 7.21. The molecule has 7 heteroatoms. The number of methoxy groups -OCH3 is 1. The minimum absolute atomic E-state index is 0.00842. The quantitative estimate of drug-likeness (QED) is 0.858. The number of carboxylic acids is 1. The van der Waals surface area contributed by atoms with Crippen molar-refractivity contribution in [3.05, 3.63) is 46.8 Å². The van der Waals surface area contributed by atoms with Crippen molar-refractivity contribution < 1.29 is 19.4 Å². The molecule has 1 aromatic carbocycles. The Hall–Kier alpha value is -2.83. The molecule has 0 bridgehead atoms. The Kier molecular flexibility index (Phi) is 4.84. The van der Waals surface area contributed by atoms with Crippen LogP contribution in [-0.2, 0) is 17.3 Å². The Morgan fingerprint density at radius 3 is 2.59 bits per heavy atom. The maximum atomic E-state index is 12.9. The van der Waals surface area contributed by atoms with Crippen molar-refractivity contribution in [1.29, 1.82) is 0 Å². The fourth-order valence-corrected chi connectivity index (χ4v) is 5.00. The first-order valence-electron chi connectivity index (χ1n) is 10.0. The number of nitrogens with zero attached hydrogens (tertiary/aromatic N) is 3. The number of benzene rings is 1. The molecule has 1 amide bonds. The van der Waals surface area contributed by atoms with Crippen molar-refractivity contribution >= 4 is 11.9 Å². The van der Waals surface area contributed by atoms with E-state index in [0.29, 0.717) is 18.8 Å². The molecule has 1 spiro atoms. The molecule has 1 unspecified atom stereocenters. The number of likely N-dealkylation sites (tertiary alicyclic amines) is 1. The van der Waals surface area contributed by atoms with Gasteiger partial charge in [-0.3, -0.25) is 14.3 Å². The molecule has 2 aliphatic rings. The molecule has 29 heavy (non-hydrogen) atoms. The first kappa shape index (κ1) is 19.5. The third-order valence-electron chi connectivity index (χ3n) is 6.67. The molecule has 1 aliphatic carbocycles. The summed E-state index contributed by atoms with van der Waals surface area (Å²) in [5, 5.41) is 13.7. The molecule has 2 heterocycles. The van der Waals surface area contributed by atoms with Gasteiger partial charge in [0.25, 0.3) is 5.91 Å². The average molecular weight is 397 g/mol. The van der Waals surface area contributed by atoms with Gasteiger partial charge in [0.05, 0.1) is 13.5 Å². The molecule has 154 valence electrons. The van der Waals surface area contributed by atoms with Gasteiger partial charge in [-0.2, -0.15) is 5.10 Å². The van der Waals surface area contributed by atoms with Crippen LogP contribution in [0.4, 0.5) is 0 Å². The highest BCUT2D eigenvalue weighted by atomic mass is 16.5. The molecule has 0 radical (unpaired) electrons. The Labute approximate surface area is 170 Å². The highest BCUT2D eigenvalue weighted by molar-refractivity contribution is 5.92. The highest BCUT2D eigenvalue weighted by Gasteiger charge is 2.46. The molecule has 1 aliphatic heterocycles. The van der Waals surface area contributed by atoms with Crippen LogP contribution in [0.15, 0.2) is 24.3 Å². The summed E-state index contributed by atoms with van der Waals surface area (Å²) in [6.07, 6.45) is 2.59. The smallest absolute Gasteiger partial charge is 0.303 e. The number of aromatic nitrogens is 2. The monoisotopic (exact) mass is 397 g/mol. The third-order valence-corrected chi connectivity index (χ3v) is 6.67. The summed E-state index contributed by atoms with van der Waals surface area (Å²) < 4.78 is 7.15. The Bertz CT molecular complexity index is 937. The van der Waals surface area contributed by atoms with Gasteiger partial charge in [0.2, 0.25) is 0 Å². The lowest BCUT2D eigenvalue weighted by atomic mass is 9.73. The number of piperidine rings is 1. The fourth-order valence-electron chi connectivity index (χ4n) is 5.00. The summed E-state index contributed by atoms with van der Waals surface area (Å²) in [6, 6.07) is 7.82. The van der Waals surface area contributed by atoms with Gasteiger partial charge in [0.15, 0.2) is 5.69 Å². The van der Waals surface area contributed by atoms with Gasteiger partial charge in [0.1, 0.15) is 5.75 Å². The first-order valence-corrected chi connectivity index (χ1v) is 10.0. The Morgan fingerprint density at radius 2 is 2.00 bits per heavy atom. The van der Waals surface area contributed by atoms with Crippen molar-refractivity contribution in [3.8, 4) is 5.75 Å². The number of rotatable bonds is 4. The number of carbonyl (C=O) groups is 2. The topological polar surface area (TPSA) is 84.7 Å². The zero-order chi connectivity index (χ0) is 20.8. The number of ether oxygens (including phenoxy) is 1. The van der Waals surface area contributed by atoms with Gasteiger partial charge in [-0.05, 0) is 66.8 Å².